The van der Waals surface area contributed by atoms with Crippen molar-refractivity contribution in [3.8, 4) is 17.1 Å². The molecule has 0 bridgehead atoms. The fraction of sp³-hybridized carbons (Fsp3) is 0.0909. The van der Waals surface area contributed by atoms with Crippen LogP contribution in [-0.2, 0) is 0 Å². The molecule has 1 N–H and O–H groups in total. The molecule has 0 aliphatic carbocycles. The third kappa shape index (κ3) is 3.53. The second-order valence-corrected chi connectivity index (χ2v) is 6.07. The summed E-state index contributed by atoms with van der Waals surface area (Å²) in [5.74, 6) is 1.01. The summed E-state index contributed by atoms with van der Waals surface area (Å²) in [6.45, 7) is 2.50. The van der Waals surface area contributed by atoms with E-state index < -0.39 is 0 Å². The van der Waals surface area contributed by atoms with Crippen molar-refractivity contribution in [1.82, 2.24) is 0 Å². The lowest BCUT2D eigenvalue weighted by atomic mass is 10.1. The summed E-state index contributed by atoms with van der Waals surface area (Å²) in [5.41, 5.74) is 1.48. The number of hydrogen-bond acceptors (Lipinski definition) is 5. The van der Waals surface area contributed by atoms with Crippen molar-refractivity contribution in [3.63, 3.8) is 0 Å². The molecule has 4 aromatic rings. The number of hydrogen-bond donors (Lipinski definition) is 1. The van der Waals surface area contributed by atoms with Gasteiger partial charge in [-0.25, -0.2) is 0 Å². The molecule has 0 spiro atoms. The lowest BCUT2D eigenvalue weighted by Gasteiger charge is -2.07. The molecule has 28 heavy (non-hydrogen) atoms. The van der Waals surface area contributed by atoms with Crippen LogP contribution >= 0.6 is 0 Å². The normalized spacial score (nSPS) is 10.8. The topological polar surface area (TPSA) is 81.7 Å². The Hall–Kier alpha value is -3.80. The van der Waals surface area contributed by atoms with Crippen molar-refractivity contribution in [1.29, 1.82) is 0 Å². The van der Waals surface area contributed by atoms with Gasteiger partial charge in [-0.2, -0.15) is 0 Å². The fourth-order valence-electron chi connectivity index (χ4n) is 2.86. The Kier molecular flexibility index (Phi) is 4.68. The highest BCUT2D eigenvalue weighted by atomic mass is 16.5. The van der Waals surface area contributed by atoms with Crippen LogP contribution in [-0.4, -0.2) is 12.5 Å². The van der Waals surface area contributed by atoms with E-state index >= 15 is 0 Å². The van der Waals surface area contributed by atoms with Crippen LogP contribution in [0.1, 0.15) is 17.5 Å². The Morgan fingerprint density at radius 1 is 1.07 bits per heavy atom. The first-order valence-electron chi connectivity index (χ1n) is 8.80. The van der Waals surface area contributed by atoms with E-state index in [1.165, 1.54) is 12.3 Å². The number of furan rings is 1. The van der Waals surface area contributed by atoms with Crippen molar-refractivity contribution >= 4 is 22.6 Å². The molecule has 0 fully saturated rings. The first-order valence-corrected chi connectivity index (χ1v) is 8.80. The maximum absolute atomic E-state index is 12.5. The van der Waals surface area contributed by atoms with Crippen LogP contribution in [0.25, 0.3) is 22.3 Å². The molecule has 2 heterocycles. The summed E-state index contributed by atoms with van der Waals surface area (Å²) in [4.78, 5) is 24.6. The smallest absolute Gasteiger partial charge is 0.291 e. The zero-order chi connectivity index (χ0) is 19.5. The molecule has 6 heteroatoms. The van der Waals surface area contributed by atoms with Gasteiger partial charge in [-0.3, -0.25) is 9.59 Å². The van der Waals surface area contributed by atoms with Gasteiger partial charge < -0.3 is 18.9 Å². The lowest BCUT2D eigenvalue weighted by Crippen LogP contribution is -2.11. The number of carbonyl (C=O) groups is 1. The number of anilines is 1. The second-order valence-electron chi connectivity index (χ2n) is 6.07. The first kappa shape index (κ1) is 17.6. The molecule has 140 valence electrons. The van der Waals surface area contributed by atoms with E-state index in [1.54, 1.807) is 30.3 Å². The molecule has 0 aliphatic rings. The number of benzene rings is 2. The maximum atomic E-state index is 12.5. The predicted molar refractivity (Wildman–Crippen MR) is 106 cm³/mol. The van der Waals surface area contributed by atoms with Gasteiger partial charge in [0.05, 0.1) is 18.3 Å². The number of fused-ring (bicyclic) bond motifs is 1. The van der Waals surface area contributed by atoms with Crippen molar-refractivity contribution in [2.75, 3.05) is 11.9 Å². The van der Waals surface area contributed by atoms with Gasteiger partial charge in [0.15, 0.2) is 11.2 Å². The molecular formula is C22H17NO5. The van der Waals surface area contributed by atoms with Crippen molar-refractivity contribution in [2.45, 2.75) is 6.92 Å². The number of ether oxygens (including phenoxy) is 1. The minimum Gasteiger partial charge on any atom is -0.494 e. The summed E-state index contributed by atoms with van der Waals surface area (Å²) in [6, 6.07) is 16.9. The van der Waals surface area contributed by atoms with Gasteiger partial charge >= 0.3 is 0 Å². The molecule has 2 aromatic carbocycles. The number of carbonyl (C=O) groups excluding carboxylic acids is 1. The van der Waals surface area contributed by atoms with Crippen molar-refractivity contribution < 1.29 is 18.4 Å². The summed E-state index contributed by atoms with van der Waals surface area (Å²) >= 11 is 0. The maximum Gasteiger partial charge on any atom is 0.291 e. The van der Waals surface area contributed by atoms with E-state index in [1.807, 2.05) is 31.2 Å². The van der Waals surface area contributed by atoms with Gasteiger partial charge in [-0.15, -0.1) is 0 Å². The Morgan fingerprint density at radius 3 is 2.61 bits per heavy atom. The summed E-state index contributed by atoms with van der Waals surface area (Å²) in [5, 5.41) is 3.16. The first-order chi connectivity index (χ1) is 13.6. The van der Waals surface area contributed by atoms with Crippen molar-refractivity contribution in [3.05, 3.63) is 82.9 Å². The van der Waals surface area contributed by atoms with Crippen LogP contribution in [0.2, 0.25) is 0 Å². The standard InChI is InChI=1S/C22H17NO5/c1-2-26-16-8-5-14(6-9-16)20-13-18(24)17-10-7-15(12-21(17)28-20)23-22(25)19-4-3-11-27-19/h3-13H,2H2,1H3,(H,23,25). The van der Waals surface area contributed by atoms with Gasteiger partial charge in [0, 0.05) is 23.4 Å². The molecule has 2 aromatic heterocycles. The number of nitrogens with one attached hydrogen (secondary N) is 1. The SMILES string of the molecule is CCOc1ccc(-c2cc(=O)c3ccc(NC(=O)c4ccco4)cc3o2)cc1. The molecule has 1 amide bonds. The molecule has 0 aliphatic heterocycles. The van der Waals surface area contributed by atoms with Gasteiger partial charge in [-0.1, -0.05) is 0 Å². The molecule has 6 nitrogen and oxygen atoms in total. The van der Waals surface area contributed by atoms with E-state index in [2.05, 4.69) is 5.32 Å². The zero-order valence-electron chi connectivity index (χ0n) is 15.1. The predicted octanol–water partition coefficient (Wildman–Crippen LogP) is 4.70. The van der Waals surface area contributed by atoms with E-state index in [4.69, 9.17) is 13.6 Å². The molecular weight excluding hydrogens is 358 g/mol. The second kappa shape index (κ2) is 7.44. The Bertz CT molecular complexity index is 1170. The quantitative estimate of drug-likeness (QED) is 0.547. The summed E-state index contributed by atoms with van der Waals surface area (Å²) in [7, 11) is 0. The average Bonchev–Trinajstić information content (AvgIpc) is 3.23. The van der Waals surface area contributed by atoms with Crippen LogP contribution in [0.15, 0.2) is 80.6 Å². The van der Waals surface area contributed by atoms with Gasteiger partial charge in [-0.05, 0) is 55.5 Å². The summed E-state index contributed by atoms with van der Waals surface area (Å²) < 4.78 is 16.4. The average molecular weight is 375 g/mol. The Morgan fingerprint density at radius 2 is 1.89 bits per heavy atom. The monoisotopic (exact) mass is 375 g/mol. The van der Waals surface area contributed by atoms with E-state index in [0.29, 0.717) is 29.0 Å². The summed E-state index contributed by atoms with van der Waals surface area (Å²) in [6.07, 6.45) is 1.43. The van der Waals surface area contributed by atoms with Crippen LogP contribution in [0.4, 0.5) is 5.69 Å². The Balaban J connectivity index is 1.68. The third-order valence-electron chi connectivity index (χ3n) is 4.18. The van der Waals surface area contributed by atoms with Crippen LogP contribution in [0, 0.1) is 0 Å². The van der Waals surface area contributed by atoms with E-state index in [9.17, 15) is 9.59 Å². The lowest BCUT2D eigenvalue weighted by molar-refractivity contribution is 0.0996. The highest BCUT2D eigenvalue weighted by Crippen LogP contribution is 2.26. The van der Waals surface area contributed by atoms with Crippen LogP contribution in [0.3, 0.4) is 0 Å². The number of rotatable bonds is 5. The molecule has 0 saturated carbocycles. The minimum atomic E-state index is -0.380. The van der Waals surface area contributed by atoms with Gasteiger partial charge in [0.2, 0.25) is 0 Å². The van der Waals surface area contributed by atoms with Crippen LogP contribution in [0.5, 0.6) is 5.75 Å². The Labute approximate surface area is 160 Å². The van der Waals surface area contributed by atoms with E-state index in [0.717, 1.165) is 11.3 Å². The fourth-order valence-corrected chi connectivity index (χ4v) is 2.86. The molecule has 0 saturated heterocycles. The van der Waals surface area contributed by atoms with Crippen molar-refractivity contribution in [2.24, 2.45) is 0 Å². The minimum absolute atomic E-state index is 0.158. The van der Waals surface area contributed by atoms with Crippen LogP contribution < -0.4 is 15.5 Å². The zero-order valence-corrected chi connectivity index (χ0v) is 15.1. The van der Waals surface area contributed by atoms with E-state index in [-0.39, 0.29) is 17.1 Å². The van der Waals surface area contributed by atoms with Gasteiger partial charge in [0.25, 0.3) is 5.91 Å². The highest BCUT2D eigenvalue weighted by molar-refractivity contribution is 6.03. The van der Waals surface area contributed by atoms with Gasteiger partial charge in [0.1, 0.15) is 17.1 Å². The largest absolute Gasteiger partial charge is 0.494 e. The number of amides is 1. The molecule has 0 radical (unpaired) electrons. The molecule has 4 rings (SSSR count). The molecule has 0 atom stereocenters. The molecule has 0 unspecified atom stereocenters. The third-order valence-corrected chi connectivity index (χ3v) is 4.18. The highest BCUT2D eigenvalue weighted by Gasteiger charge is 2.12.